The summed E-state index contributed by atoms with van der Waals surface area (Å²) in [6.45, 7) is 2.70. The van der Waals surface area contributed by atoms with Crippen LogP contribution < -0.4 is 19.3 Å². The molecule has 0 fully saturated rings. The molecule has 2 aromatic rings. The molecule has 0 bridgehead atoms. The van der Waals surface area contributed by atoms with Crippen LogP contribution in [-0.4, -0.2) is 43.0 Å². The molecule has 138 valence electrons. The number of aromatic nitrogens is 2. The summed E-state index contributed by atoms with van der Waals surface area (Å²) < 4.78 is 10.6. The number of hydrogen-bond acceptors (Lipinski definition) is 6. The molecule has 2 amide bonds. The third-order valence-electron chi connectivity index (χ3n) is 4.10. The zero-order chi connectivity index (χ0) is 18.8. The van der Waals surface area contributed by atoms with Crippen LogP contribution in [-0.2, 0) is 6.54 Å². The molecule has 0 radical (unpaired) electrons. The van der Waals surface area contributed by atoms with Gasteiger partial charge in [0.2, 0.25) is 0 Å². The van der Waals surface area contributed by atoms with E-state index in [4.69, 9.17) is 21.1 Å². The molecule has 9 heteroatoms. The highest BCUT2D eigenvalue weighted by atomic mass is 35.5. The lowest BCUT2D eigenvalue weighted by atomic mass is 10.1. The minimum Gasteiger partial charge on any atom is -0.497 e. The molecule has 1 aromatic carbocycles. The fraction of sp³-hybridized carbons (Fsp3) is 0.353. The number of fused-ring (bicyclic) bond motifs is 1. The first-order valence-electron chi connectivity index (χ1n) is 7.94. The van der Waals surface area contributed by atoms with Gasteiger partial charge in [0.1, 0.15) is 22.3 Å². The normalized spacial score (nSPS) is 13.7. The Labute approximate surface area is 161 Å². The summed E-state index contributed by atoms with van der Waals surface area (Å²) in [5.41, 5.74) is 1.37. The summed E-state index contributed by atoms with van der Waals surface area (Å²) >= 11 is 7.91. The van der Waals surface area contributed by atoms with Crippen molar-refractivity contribution in [1.82, 2.24) is 9.97 Å². The number of anilines is 2. The molecule has 0 spiro atoms. The van der Waals surface area contributed by atoms with Gasteiger partial charge in [-0.3, -0.25) is 9.80 Å². The molecule has 2 heterocycles. The highest BCUT2D eigenvalue weighted by molar-refractivity contribution is 7.98. The van der Waals surface area contributed by atoms with Gasteiger partial charge in [0, 0.05) is 30.4 Å². The van der Waals surface area contributed by atoms with E-state index in [0.29, 0.717) is 46.3 Å². The SMILES string of the molecule is CCN1C(=O)N(c2cc(OC)cc(OC)c2Cl)Cc2cnc(SC)nc21. The molecule has 7 nitrogen and oxygen atoms in total. The van der Waals surface area contributed by atoms with Crippen molar-refractivity contribution in [2.75, 3.05) is 36.8 Å². The van der Waals surface area contributed by atoms with Gasteiger partial charge in [0.05, 0.1) is 26.5 Å². The van der Waals surface area contributed by atoms with Crippen molar-refractivity contribution in [2.45, 2.75) is 18.6 Å². The number of carbonyl (C=O) groups is 1. The summed E-state index contributed by atoms with van der Waals surface area (Å²) in [6, 6.07) is 3.20. The number of ether oxygens (including phenoxy) is 2. The summed E-state index contributed by atoms with van der Waals surface area (Å²) in [5, 5.41) is 0.979. The van der Waals surface area contributed by atoms with Crippen molar-refractivity contribution in [3.63, 3.8) is 0 Å². The average molecular weight is 395 g/mol. The van der Waals surface area contributed by atoms with E-state index in [0.717, 1.165) is 5.56 Å². The van der Waals surface area contributed by atoms with Crippen molar-refractivity contribution in [3.8, 4) is 11.5 Å². The number of thioether (sulfide) groups is 1. The van der Waals surface area contributed by atoms with Crippen LogP contribution in [0.1, 0.15) is 12.5 Å². The number of amides is 2. The minimum atomic E-state index is -0.206. The third kappa shape index (κ3) is 3.14. The van der Waals surface area contributed by atoms with Gasteiger partial charge in [-0.25, -0.2) is 14.8 Å². The van der Waals surface area contributed by atoms with Crippen molar-refractivity contribution in [2.24, 2.45) is 0 Å². The maximum absolute atomic E-state index is 13.1. The quantitative estimate of drug-likeness (QED) is 0.567. The smallest absolute Gasteiger partial charge is 0.330 e. The van der Waals surface area contributed by atoms with E-state index in [9.17, 15) is 4.79 Å². The van der Waals surface area contributed by atoms with E-state index < -0.39 is 0 Å². The molecule has 1 aromatic heterocycles. The molecular formula is C17H19ClN4O3S. The maximum Gasteiger partial charge on any atom is 0.330 e. The topological polar surface area (TPSA) is 67.8 Å². The van der Waals surface area contributed by atoms with E-state index in [2.05, 4.69) is 9.97 Å². The third-order valence-corrected chi connectivity index (χ3v) is 5.05. The standard InChI is InChI=1S/C17H19ClN4O3S/c1-5-21-15-10(8-19-16(20-15)26-4)9-22(17(21)23)12-6-11(24-2)7-13(25-3)14(12)18/h6-8H,5,9H2,1-4H3. The minimum absolute atomic E-state index is 0.206. The molecule has 26 heavy (non-hydrogen) atoms. The van der Waals surface area contributed by atoms with Gasteiger partial charge < -0.3 is 9.47 Å². The second-order valence-corrected chi connectivity index (χ2v) is 6.63. The van der Waals surface area contributed by atoms with E-state index in [-0.39, 0.29) is 6.03 Å². The number of carbonyl (C=O) groups excluding carboxylic acids is 1. The number of rotatable bonds is 5. The first-order chi connectivity index (χ1) is 12.5. The molecule has 0 N–H and O–H groups in total. The van der Waals surface area contributed by atoms with E-state index in [1.165, 1.54) is 18.9 Å². The predicted octanol–water partition coefficient (Wildman–Crippen LogP) is 3.84. The summed E-state index contributed by atoms with van der Waals surface area (Å²) in [6.07, 6.45) is 3.65. The van der Waals surface area contributed by atoms with Gasteiger partial charge in [-0.15, -0.1) is 0 Å². The summed E-state index contributed by atoms with van der Waals surface area (Å²) in [5.74, 6) is 1.63. The molecule has 3 rings (SSSR count). The lowest BCUT2D eigenvalue weighted by Crippen LogP contribution is -2.48. The molecular weight excluding hydrogens is 376 g/mol. The molecule has 1 aliphatic rings. The van der Waals surface area contributed by atoms with Gasteiger partial charge >= 0.3 is 6.03 Å². The Balaban J connectivity index is 2.11. The molecule has 0 saturated heterocycles. The fourth-order valence-electron chi connectivity index (χ4n) is 2.79. The van der Waals surface area contributed by atoms with Crippen molar-refractivity contribution < 1.29 is 14.3 Å². The van der Waals surface area contributed by atoms with E-state index >= 15 is 0 Å². The largest absolute Gasteiger partial charge is 0.497 e. The van der Waals surface area contributed by atoms with Crippen molar-refractivity contribution in [1.29, 1.82) is 0 Å². The lowest BCUT2D eigenvalue weighted by molar-refractivity contribution is 0.250. The van der Waals surface area contributed by atoms with Gasteiger partial charge in [-0.05, 0) is 13.2 Å². The predicted molar refractivity (Wildman–Crippen MR) is 103 cm³/mol. The van der Waals surface area contributed by atoms with Crippen LogP contribution in [0, 0.1) is 0 Å². The van der Waals surface area contributed by atoms with Crippen molar-refractivity contribution >= 4 is 40.9 Å². The van der Waals surface area contributed by atoms with Gasteiger partial charge in [0.15, 0.2) is 5.16 Å². The Morgan fingerprint density at radius 1 is 1.31 bits per heavy atom. The lowest BCUT2D eigenvalue weighted by Gasteiger charge is -2.36. The number of benzene rings is 1. The van der Waals surface area contributed by atoms with Gasteiger partial charge in [-0.2, -0.15) is 0 Å². The second kappa shape index (κ2) is 7.59. The Morgan fingerprint density at radius 2 is 2.08 bits per heavy atom. The maximum atomic E-state index is 13.1. The summed E-state index contributed by atoms with van der Waals surface area (Å²) in [7, 11) is 3.07. The Kier molecular flexibility index (Phi) is 5.43. The van der Waals surface area contributed by atoms with Crippen LogP contribution in [0.4, 0.5) is 16.3 Å². The number of hydrogen-bond donors (Lipinski definition) is 0. The highest BCUT2D eigenvalue weighted by Gasteiger charge is 2.34. The highest BCUT2D eigenvalue weighted by Crippen LogP contribution is 2.41. The second-order valence-electron chi connectivity index (χ2n) is 5.48. The zero-order valence-electron chi connectivity index (χ0n) is 14.9. The fourth-order valence-corrected chi connectivity index (χ4v) is 3.42. The molecule has 1 aliphatic heterocycles. The number of methoxy groups -OCH3 is 2. The Hall–Kier alpha value is -2.19. The van der Waals surface area contributed by atoms with Gasteiger partial charge in [0.25, 0.3) is 0 Å². The van der Waals surface area contributed by atoms with Crippen LogP contribution in [0.25, 0.3) is 0 Å². The Bertz CT molecular complexity index is 849. The molecule has 0 aliphatic carbocycles. The first-order valence-corrected chi connectivity index (χ1v) is 9.54. The van der Waals surface area contributed by atoms with E-state index in [1.807, 2.05) is 13.2 Å². The van der Waals surface area contributed by atoms with Crippen LogP contribution in [0.5, 0.6) is 11.5 Å². The number of nitrogens with zero attached hydrogens (tertiary/aromatic N) is 4. The van der Waals surface area contributed by atoms with Crippen LogP contribution in [0.15, 0.2) is 23.5 Å². The molecule has 0 atom stereocenters. The van der Waals surface area contributed by atoms with Crippen LogP contribution >= 0.6 is 23.4 Å². The van der Waals surface area contributed by atoms with E-state index in [1.54, 1.807) is 35.2 Å². The van der Waals surface area contributed by atoms with Gasteiger partial charge in [-0.1, -0.05) is 23.4 Å². The van der Waals surface area contributed by atoms with Crippen molar-refractivity contribution in [3.05, 3.63) is 28.9 Å². The summed E-state index contributed by atoms with van der Waals surface area (Å²) in [4.78, 5) is 25.1. The number of halogens is 1. The van der Waals surface area contributed by atoms with Crippen LogP contribution in [0.3, 0.4) is 0 Å². The monoisotopic (exact) mass is 394 g/mol. The number of urea groups is 1. The Morgan fingerprint density at radius 3 is 2.69 bits per heavy atom. The molecule has 0 saturated carbocycles. The zero-order valence-corrected chi connectivity index (χ0v) is 16.5. The average Bonchev–Trinajstić information content (AvgIpc) is 2.67. The van der Waals surface area contributed by atoms with Crippen LogP contribution in [0.2, 0.25) is 5.02 Å². The molecule has 0 unspecified atom stereocenters. The first kappa shape index (κ1) is 18.6.